The Balaban J connectivity index is 1.32. The molecule has 0 bridgehead atoms. The number of ether oxygens (including phenoxy) is 1. The molecule has 0 spiro atoms. The zero-order valence-corrected chi connectivity index (χ0v) is 21.0. The number of hydrogen-bond acceptors (Lipinski definition) is 4. The molecule has 188 valence electrons. The molecule has 6 heteroatoms. The van der Waals surface area contributed by atoms with Crippen molar-refractivity contribution in [1.82, 2.24) is 5.32 Å². The molecule has 3 N–H and O–H groups in total. The lowest BCUT2D eigenvalue weighted by Crippen LogP contribution is -2.37. The first-order chi connectivity index (χ1) is 18.0. The van der Waals surface area contributed by atoms with Crippen molar-refractivity contribution in [2.24, 2.45) is 0 Å². The first-order valence-corrected chi connectivity index (χ1v) is 12.7. The van der Waals surface area contributed by atoms with Crippen LogP contribution in [0.15, 0.2) is 91.0 Å². The first kappa shape index (κ1) is 25.0. The SMILES string of the molecule is O=C(O)c1ccc(-c2ccc3c(c2)C[C@@H](NC[C@H](O)c2ccc(Cl)cc2)CC3)cc1Oc1ccccc1. The fraction of sp³-hybridized carbons (Fsp3) is 0.194. The Morgan fingerprint density at radius 1 is 0.946 bits per heavy atom. The number of nitrogens with one attached hydrogen (secondary N) is 1. The van der Waals surface area contributed by atoms with Gasteiger partial charge in [0.1, 0.15) is 17.1 Å². The topological polar surface area (TPSA) is 78.8 Å². The van der Waals surface area contributed by atoms with Crippen LogP contribution in [0.5, 0.6) is 11.5 Å². The quantitative estimate of drug-likeness (QED) is 0.245. The highest BCUT2D eigenvalue weighted by Gasteiger charge is 2.21. The van der Waals surface area contributed by atoms with Gasteiger partial charge in [0, 0.05) is 17.6 Å². The summed E-state index contributed by atoms with van der Waals surface area (Å²) in [7, 11) is 0. The predicted octanol–water partition coefficient (Wildman–Crippen LogP) is 6.68. The normalized spacial score (nSPS) is 15.6. The minimum absolute atomic E-state index is 0.120. The number of fused-ring (bicyclic) bond motifs is 1. The maximum atomic E-state index is 11.8. The lowest BCUT2D eigenvalue weighted by Gasteiger charge is -2.27. The Hall–Kier alpha value is -3.64. The van der Waals surface area contributed by atoms with Crippen LogP contribution in [0.3, 0.4) is 0 Å². The van der Waals surface area contributed by atoms with Gasteiger partial charge in [-0.1, -0.05) is 66.2 Å². The van der Waals surface area contributed by atoms with Crippen LogP contribution >= 0.6 is 11.6 Å². The third kappa shape index (κ3) is 6.03. The molecule has 0 saturated carbocycles. The van der Waals surface area contributed by atoms with Gasteiger partial charge in [0.2, 0.25) is 0 Å². The summed E-state index contributed by atoms with van der Waals surface area (Å²) in [6.07, 6.45) is 2.23. The van der Waals surface area contributed by atoms with E-state index in [2.05, 4.69) is 23.5 Å². The van der Waals surface area contributed by atoms with E-state index in [0.29, 0.717) is 23.1 Å². The highest BCUT2D eigenvalue weighted by Crippen LogP contribution is 2.33. The van der Waals surface area contributed by atoms with Crippen LogP contribution in [-0.4, -0.2) is 28.8 Å². The lowest BCUT2D eigenvalue weighted by atomic mass is 9.86. The number of rotatable bonds is 8. The van der Waals surface area contributed by atoms with Gasteiger partial charge in [-0.15, -0.1) is 0 Å². The van der Waals surface area contributed by atoms with E-state index in [4.69, 9.17) is 16.3 Å². The molecule has 1 aliphatic rings. The Morgan fingerprint density at radius 3 is 2.43 bits per heavy atom. The number of aryl methyl sites for hydroxylation is 1. The van der Waals surface area contributed by atoms with Crippen molar-refractivity contribution >= 4 is 17.6 Å². The molecule has 37 heavy (non-hydrogen) atoms. The molecule has 0 radical (unpaired) electrons. The molecule has 0 heterocycles. The third-order valence-corrected chi connectivity index (χ3v) is 7.06. The smallest absolute Gasteiger partial charge is 0.339 e. The van der Waals surface area contributed by atoms with Crippen molar-refractivity contribution in [2.75, 3.05) is 6.54 Å². The summed E-state index contributed by atoms with van der Waals surface area (Å²) in [5.74, 6) is -0.135. The van der Waals surface area contributed by atoms with Crippen molar-refractivity contribution in [2.45, 2.75) is 31.4 Å². The predicted molar refractivity (Wildman–Crippen MR) is 146 cm³/mol. The number of hydrogen-bond donors (Lipinski definition) is 3. The molecule has 4 aromatic carbocycles. The van der Waals surface area contributed by atoms with Gasteiger partial charge in [0.15, 0.2) is 0 Å². The van der Waals surface area contributed by atoms with Crippen molar-refractivity contribution in [3.63, 3.8) is 0 Å². The van der Waals surface area contributed by atoms with Crippen LogP contribution in [-0.2, 0) is 12.8 Å². The Bertz CT molecular complexity index is 1390. The van der Waals surface area contributed by atoms with E-state index in [1.165, 1.54) is 11.1 Å². The molecule has 1 aliphatic carbocycles. The number of carbonyl (C=O) groups is 1. The number of aromatic carboxylic acids is 1. The molecular formula is C31H28ClNO4. The second-order valence-corrected chi connectivity index (χ2v) is 9.77. The van der Waals surface area contributed by atoms with E-state index in [1.807, 2.05) is 36.4 Å². The number of carboxylic acid groups (broad SMARTS) is 1. The molecule has 0 aliphatic heterocycles. The number of aliphatic hydroxyl groups is 1. The molecule has 0 unspecified atom stereocenters. The average Bonchev–Trinajstić information content (AvgIpc) is 2.92. The van der Waals surface area contributed by atoms with Crippen molar-refractivity contribution in [3.05, 3.63) is 118 Å². The summed E-state index contributed by atoms with van der Waals surface area (Å²) in [5.41, 5.74) is 5.45. The lowest BCUT2D eigenvalue weighted by molar-refractivity contribution is 0.0694. The summed E-state index contributed by atoms with van der Waals surface area (Å²) in [4.78, 5) is 11.8. The maximum Gasteiger partial charge on any atom is 0.339 e. The summed E-state index contributed by atoms with van der Waals surface area (Å²) < 4.78 is 5.94. The van der Waals surface area contributed by atoms with Gasteiger partial charge in [-0.3, -0.25) is 0 Å². The van der Waals surface area contributed by atoms with Crippen LogP contribution in [0.25, 0.3) is 11.1 Å². The molecule has 5 nitrogen and oxygen atoms in total. The van der Waals surface area contributed by atoms with Gasteiger partial charge in [-0.25, -0.2) is 4.79 Å². The fourth-order valence-electron chi connectivity index (χ4n) is 4.77. The van der Waals surface area contributed by atoms with E-state index in [0.717, 1.165) is 36.0 Å². The highest BCUT2D eigenvalue weighted by atomic mass is 35.5. The summed E-state index contributed by atoms with van der Waals surface area (Å²) in [6, 6.07) is 28.4. The van der Waals surface area contributed by atoms with Gasteiger partial charge in [0.25, 0.3) is 0 Å². The minimum atomic E-state index is -1.03. The van der Waals surface area contributed by atoms with Gasteiger partial charge < -0.3 is 20.3 Å². The minimum Gasteiger partial charge on any atom is -0.478 e. The number of carboxylic acids is 1. The van der Waals surface area contributed by atoms with Crippen molar-refractivity contribution < 1.29 is 19.7 Å². The number of halogens is 1. The third-order valence-electron chi connectivity index (χ3n) is 6.81. The number of benzene rings is 4. The van der Waals surface area contributed by atoms with Crippen LogP contribution < -0.4 is 10.1 Å². The van der Waals surface area contributed by atoms with Crippen molar-refractivity contribution in [3.8, 4) is 22.6 Å². The monoisotopic (exact) mass is 513 g/mol. The first-order valence-electron chi connectivity index (χ1n) is 12.4. The molecule has 0 aromatic heterocycles. The largest absolute Gasteiger partial charge is 0.478 e. The fourth-order valence-corrected chi connectivity index (χ4v) is 4.90. The highest BCUT2D eigenvalue weighted by molar-refractivity contribution is 6.30. The zero-order chi connectivity index (χ0) is 25.8. The molecule has 0 saturated heterocycles. The second-order valence-electron chi connectivity index (χ2n) is 9.33. The van der Waals surface area contributed by atoms with E-state index < -0.39 is 12.1 Å². The number of aliphatic hydroxyl groups excluding tert-OH is 1. The molecule has 2 atom stereocenters. The van der Waals surface area contributed by atoms with Crippen LogP contribution in [0.4, 0.5) is 0 Å². The number of para-hydroxylation sites is 1. The Morgan fingerprint density at radius 2 is 1.68 bits per heavy atom. The molecular weight excluding hydrogens is 486 g/mol. The second kappa shape index (κ2) is 11.2. The van der Waals surface area contributed by atoms with E-state index in [1.54, 1.807) is 36.4 Å². The summed E-state index contributed by atoms with van der Waals surface area (Å²) >= 11 is 5.96. The molecule has 0 fully saturated rings. The van der Waals surface area contributed by atoms with E-state index in [-0.39, 0.29) is 11.6 Å². The van der Waals surface area contributed by atoms with Gasteiger partial charge in [-0.05, 0) is 83.5 Å². The molecule has 4 aromatic rings. The zero-order valence-electron chi connectivity index (χ0n) is 20.2. The summed E-state index contributed by atoms with van der Waals surface area (Å²) in [6.45, 7) is 0.470. The van der Waals surface area contributed by atoms with E-state index in [9.17, 15) is 15.0 Å². The van der Waals surface area contributed by atoms with Gasteiger partial charge in [0.05, 0.1) is 6.10 Å². The summed E-state index contributed by atoms with van der Waals surface area (Å²) in [5, 5.41) is 24.4. The van der Waals surface area contributed by atoms with Crippen LogP contribution in [0.2, 0.25) is 5.02 Å². The van der Waals surface area contributed by atoms with E-state index >= 15 is 0 Å². The Kier molecular flexibility index (Phi) is 7.56. The standard InChI is InChI=1S/C31H28ClNO4/c32-25-12-8-21(9-13-25)29(34)19-33-26-14-10-20-6-7-22(16-24(20)17-26)23-11-15-28(31(35)36)30(18-23)37-27-4-2-1-3-5-27/h1-9,11-13,15-16,18,26,29,33-34H,10,14,17,19H2,(H,35,36)/t26-,29-/m0/s1. The average molecular weight is 514 g/mol. The Labute approximate surface area is 221 Å². The van der Waals surface area contributed by atoms with Crippen molar-refractivity contribution in [1.29, 1.82) is 0 Å². The molecule has 0 amide bonds. The maximum absolute atomic E-state index is 11.8. The van der Waals surface area contributed by atoms with Gasteiger partial charge >= 0.3 is 5.97 Å². The van der Waals surface area contributed by atoms with Gasteiger partial charge in [-0.2, -0.15) is 0 Å². The van der Waals surface area contributed by atoms with Crippen LogP contribution in [0.1, 0.15) is 39.6 Å². The van der Waals surface area contributed by atoms with Crippen LogP contribution in [0, 0.1) is 0 Å². The molecule has 5 rings (SSSR count).